The summed E-state index contributed by atoms with van der Waals surface area (Å²) in [5.41, 5.74) is -0.531. The predicted octanol–water partition coefficient (Wildman–Crippen LogP) is 0.549. The van der Waals surface area contributed by atoms with Crippen LogP contribution in [0.4, 0.5) is 5.69 Å². The van der Waals surface area contributed by atoms with E-state index in [4.69, 9.17) is 28.4 Å². The summed E-state index contributed by atoms with van der Waals surface area (Å²) in [4.78, 5) is 57.7. The van der Waals surface area contributed by atoms with E-state index >= 15 is 0 Å². The van der Waals surface area contributed by atoms with Crippen molar-refractivity contribution < 1.29 is 57.6 Å². The Morgan fingerprint density at radius 3 is 2.03 bits per heavy atom. The number of nitro groups is 1. The lowest BCUT2D eigenvalue weighted by atomic mass is 9.98. The summed E-state index contributed by atoms with van der Waals surface area (Å²) in [7, 11) is 0. The summed E-state index contributed by atoms with van der Waals surface area (Å²) in [5, 5.41) is 21.2. The highest BCUT2D eigenvalue weighted by Gasteiger charge is 2.53. The molecular weight excluding hydrogens is 474 g/mol. The van der Waals surface area contributed by atoms with Crippen LogP contribution in [0, 0.1) is 10.1 Å². The molecule has 0 spiro atoms. The van der Waals surface area contributed by atoms with Gasteiger partial charge in [0.05, 0.1) is 11.5 Å². The highest BCUT2D eigenvalue weighted by atomic mass is 16.7. The van der Waals surface area contributed by atoms with Gasteiger partial charge in [0.25, 0.3) is 0 Å². The SMILES string of the molecule is CC(=O)OC[C@H]1OC(Oc2c(CO)cccc2[N+](=O)[O-])[C@H](OC(C)=O)[C@@H](OC(C)=O)[C@H]1OC(C)=O. The quantitative estimate of drug-likeness (QED) is 0.215. The molecular formula is C21H25NO13. The monoisotopic (exact) mass is 499 g/mol. The first-order valence-electron chi connectivity index (χ1n) is 10.3. The summed E-state index contributed by atoms with van der Waals surface area (Å²) in [6.45, 7) is 3.12. The molecule has 1 aliphatic heterocycles. The average molecular weight is 499 g/mol. The minimum atomic E-state index is -1.68. The van der Waals surface area contributed by atoms with Crippen LogP contribution < -0.4 is 4.74 Å². The van der Waals surface area contributed by atoms with Crippen molar-refractivity contribution >= 4 is 29.6 Å². The number of nitrogens with zero attached hydrogens (tertiary/aromatic N) is 1. The second-order valence-electron chi connectivity index (χ2n) is 7.37. The van der Waals surface area contributed by atoms with E-state index in [2.05, 4.69) is 0 Å². The van der Waals surface area contributed by atoms with Crippen LogP contribution in [0.3, 0.4) is 0 Å². The summed E-state index contributed by atoms with van der Waals surface area (Å²) in [5.74, 6) is -3.64. The number of carbonyl (C=O) groups is 4. The van der Waals surface area contributed by atoms with Gasteiger partial charge in [0.15, 0.2) is 12.2 Å². The second kappa shape index (κ2) is 12.1. The van der Waals surface area contributed by atoms with Gasteiger partial charge < -0.3 is 33.5 Å². The fourth-order valence-electron chi connectivity index (χ4n) is 3.38. The Labute approximate surface area is 199 Å². The molecule has 1 aromatic rings. The van der Waals surface area contributed by atoms with E-state index in [0.717, 1.165) is 33.8 Å². The summed E-state index contributed by atoms with van der Waals surface area (Å²) < 4.78 is 32.2. The van der Waals surface area contributed by atoms with Crippen LogP contribution in [0.2, 0.25) is 0 Å². The van der Waals surface area contributed by atoms with E-state index in [-0.39, 0.29) is 5.56 Å². The Morgan fingerprint density at radius 2 is 1.51 bits per heavy atom. The Bertz CT molecular complexity index is 978. The fraction of sp³-hybridized carbons (Fsp3) is 0.524. The molecule has 0 saturated carbocycles. The van der Waals surface area contributed by atoms with Gasteiger partial charge in [0, 0.05) is 39.3 Å². The maximum atomic E-state index is 11.9. The van der Waals surface area contributed by atoms with E-state index in [1.54, 1.807) is 0 Å². The number of ether oxygens (including phenoxy) is 6. The Balaban J connectivity index is 2.60. The largest absolute Gasteiger partial charge is 0.463 e. The Hall–Kier alpha value is -3.78. The van der Waals surface area contributed by atoms with E-state index in [1.165, 1.54) is 12.1 Å². The van der Waals surface area contributed by atoms with Crippen molar-refractivity contribution in [2.24, 2.45) is 0 Å². The summed E-state index contributed by atoms with van der Waals surface area (Å²) >= 11 is 0. The van der Waals surface area contributed by atoms with Crippen LogP contribution in [0.1, 0.15) is 33.3 Å². The molecule has 0 aromatic heterocycles. The van der Waals surface area contributed by atoms with Gasteiger partial charge in [0.1, 0.15) is 12.7 Å². The molecule has 1 aliphatic rings. The third kappa shape index (κ3) is 7.35. The van der Waals surface area contributed by atoms with Gasteiger partial charge in [-0.15, -0.1) is 0 Å². The number of aliphatic hydroxyl groups excluding tert-OH is 1. The topological polar surface area (TPSA) is 187 Å². The minimum absolute atomic E-state index is 0.00653. The van der Waals surface area contributed by atoms with Crippen molar-refractivity contribution in [3.8, 4) is 5.75 Å². The molecule has 1 heterocycles. The van der Waals surface area contributed by atoms with Crippen molar-refractivity contribution in [3.63, 3.8) is 0 Å². The molecule has 1 unspecified atom stereocenters. The van der Waals surface area contributed by atoms with Gasteiger partial charge >= 0.3 is 29.6 Å². The van der Waals surface area contributed by atoms with Crippen molar-refractivity contribution in [2.45, 2.75) is 65.0 Å². The number of benzene rings is 1. The second-order valence-corrected chi connectivity index (χ2v) is 7.37. The molecule has 1 N–H and O–H groups in total. The zero-order valence-electron chi connectivity index (χ0n) is 19.3. The molecule has 192 valence electrons. The number of hydrogen-bond donors (Lipinski definition) is 1. The highest BCUT2D eigenvalue weighted by molar-refractivity contribution is 5.68. The zero-order valence-corrected chi connectivity index (χ0v) is 19.3. The number of para-hydroxylation sites is 1. The van der Waals surface area contributed by atoms with Crippen molar-refractivity contribution in [1.82, 2.24) is 0 Å². The molecule has 14 nitrogen and oxygen atoms in total. The molecule has 0 radical (unpaired) electrons. The first-order chi connectivity index (χ1) is 16.4. The van der Waals surface area contributed by atoms with Crippen molar-refractivity contribution in [2.75, 3.05) is 6.61 Å². The lowest BCUT2D eigenvalue weighted by molar-refractivity contribution is -0.387. The number of aliphatic hydroxyl groups is 1. The average Bonchev–Trinajstić information content (AvgIpc) is 2.75. The van der Waals surface area contributed by atoms with Crippen LogP contribution in [-0.2, 0) is 49.5 Å². The molecule has 0 bridgehead atoms. The van der Waals surface area contributed by atoms with E-state index < -0.39 is 84.2 Å². The highest BCUT2D eigenvalue weighted by Crippen LogP contribution is 2.36. The van der Waals surface area contributed by atoms with Crippen molar-refractivity contribution in [1.29, 1.82) is 0 Å². The maximum Gasteiger partial charge on any atom is 0.311 e. The molecule has 5 atom stereocenters. The Morgan fingerprint density at radius 1 is 0.943 bits per heavy atom. The maximum absolute atomic E-state index is 11.9. The molecule has 35 heavy (non-hydrogen) atoms. The van der Waals surface area contributed by atoms with Gasteiger partial charge in [0.2, 0.25) is 18.1 Å². The van der Waals surface area contributed by atoms with Gasteiger partial charge in [-0.2, -0.15) is 0 Å². The standard InChI is InChI=1S/C21H25NO13/c1-10(24)30-9-16-18(31-11(2)25)19(32-12(3)26)20(33-13(4)27)21(34-16)35-17-14(8-23)6-5-7-15(17)22(28)29/h5-7,16,18-21,23H,8-9H2,1-4H3/t16-,18+,19+,20-,21?/m1/s1. The summed E-state index contributed by atoms with van der Waals surface area (Å²) in [6, 6.07) is 3.79. The van der Waals surface area contributed by atoms with E-state index in [0.29, 0.717) is 0 Å². The lowest BCUT2D eigenvalue weighted by Gasteiger charge is -2.43. The Kier molecular flexibility index (Phi) is 9.48. The molecule has 1 aromatic carbocycles. The molecule has 0 amide bonds. The van der Waals surface area contributed by atoms with Gasteiger partial charge in [-0.3, -0.25) is 29.3 Å². The number of carbonyl (C=O) groups excluding carboxylic acids is 4. The van der Waals surface area contributed by atoms with E-state index in [9.17, 15) is 34.4 Å². The number of hydrogen-bond acceptors (Lipinski definition) is 13. The number of rotatable bonds is 9. The normalized spacial score (nSPS) is 23.5. The van der Waals surface area contributed by atoms with Gasteiger partial charge in [-0.1, -0.05) is 12.1 Å². The van der Waals surface area contributed by atoms with Crippen LogP contribution in [-0.4, -0.2) is 71.2 Å². The van der Waals surface area contributed by atoms with Crippen molar-refractivity contribution in [3.05, 3.63) is 33.9 Å². The first-order valence-corrected chi connectivity index (χ1v) is 10.3. The van der Waals surface area contributed by atoms with E-state index in [1.807, 2.05) is 0 Å². The smallest absolute Gasteiger partial charge is 0.311 e. The molecule has 2 rings (SSSR count). The predicted molar refractivity (Wildman–Crippen MR) is 112 cm³/mol. The first kappa shape index (κ1) is 27.5. The third-order valence-electron chi connectivity index (χ3n) is 4.63. The molecule has 1 saturated heterocycles. The lowest BCUT2D eigenvalue weighted by Crippen LogP contribution is -2.63. The molecule has 0 aliphatic carbocycles. The van der Waals surface area contributed by atoms with Crippen LogP contribution in [0.5, 0.6) is 5.75 Å². The molecule has 1 fully saturated rings. The van der Waals surface area contributed by atoms with Crippen LogP contribution in [0.25, 0.3) is 0 Å². The zero-order chi connectivity index (χ0) is 26.3. The van der Waals surface area contributed by atoms with Gasteiger partial charge in [-0.05, 0) is 0 Å². The number of nitro benzene ring substituents is 1. The third-order valence-corrected chi connectivity index (χ3v) is 4.63. The summed E-state index contributed by atoms with van der Waals surface area (Å²) in [6.07, 6.45) is -7.49. The number of esters is 4. The van der Waals surface area contributed by atoms with Gasteiger partial charge in [-0.25, -0.2) is 0 Å². The van der Waals surface area contributed by atoms with Crippen LogP contribution in [0.15, 0.2) is 18.2 Å². The fourth-order valence-corrected chi connectivity index (χ4v) is 3.38. The molecule has 14 heteroatoms. The van der Waals surface area contributed by atoms with Crippen LogP contribution >= 0.6 is 0 Å². The minimum Gasteiger partial charge on any atom is -0.463 e.